The molecule has 1 unspecified atom stereocenters. The number of likely N-dealkylation sites (tertiary alicyclic amines) is 1. The molecule has 0 saturated carbocycles. The van der Waals surface area contributed by atoms with Crippen molar-refractivity contribution in [2.45, 2.75) is 38.8 Å². The van der Waals surface area contributed by atoms with Crippen LogP contribution < -0.4 is 5.43 Å². The second-order valence-corrected chi connectivity index (χ2v) is 6.83. The molecule has 2 rings (SSSR count). The van der Waals surface area contributed by atoms with Crippen molar-refractivity contribution < 1.29 is 9.53 Å². The minimum atomic E-state index is -0.417. The van der Waals surface area contributed by atoms with Crippen molar-refractivity contribution in [2.75, 3.05) is 46.3 Å². The molecule has 2 heterocycles. The van der Waals surface area contributed by atoms with Crippen LogP contribution in [0.4, 0.5) is 4.79 Å². The molecule has 20 heavy (non-hydrogen) atoms. The average molecular weight is 284 g/mol. The lowest BCUT2D eigenvalue weighted by Crippen LogP contribution is -2.54. The SMILES string of the molecule is CN1CCN(NC2CCN(C(=O)OC(C)(C)C)C2)CC1. The van der Waals surface area contributed by atoms with Crippen LogP contribution in [0.25, 0.3) is 0 Å². The summed E-state index contributed by atoms with van der Waals surface area (Å²) in [6, 6.07) is 0.353. The van der Waals surface area contributed by atoms with E-state index in [-0.39, 0.29) is 6.09 Å². The number of piperazine rings is 1. The molecule has 0 spiro atoms. The Morgan fingerprint density at radius 3 is 2.40 bits per heavy atom. The maximum Gasteiger partial charge on any atom is 0.410 e. The number of nitrogens with zero attached hydrogens (tertiary/aromatic N) is 3. The zero-order valence-electron chi connectivity index (χ0n) is 13.2. The van der Waals surface area contributed by atoms with Crippen molar-refractivity contribution in [1.82, 2.24) is 20.2 Å². The predicted octanol–water partition coefficient (Wildman–Crippen LogP) is 0.748. The Balaban J connectivity index is 1.73. The van der Waals surface area contributed by atoms with Crippen LogP contribution in [0.3, 0.4) is 0 Å². The Morgan fingerprint density at radius 1 is 1.15 bits per heavy atom. The van der Waals surface area contributed by atoms with E-state index in [1.54, 1.807) is 4.90 Å². The summed E-state index contributed by atoms with van der Waals surface area (Å²) < 4.78 is 5.41. The number of hydrogen-bond donors (Lipinski definition) is 1. The second-order valence-electron chi connectivity index (χ2n) is 6.83. The Hall–Kier alpha value is -0.850. The van der Waals surface area contributed by atoms with Gasteiger partial charge in [0.25, 0.3) is 0 Å². The second kappa shape index (κ2) is 6.28. The monoisotopic (exact) mass is 284 g/mol. The molecular formula is C14H28N4O2. The smallest absolute Gasteiger partial charge is 0.410 e. The van der Waals surface area contributed by atoms with E-state index in [1.807, 2.05) is 20.8 Å². The first-order valence-electron chi connectivity index (χ1n) is 7.51. The molecule has 0 aromatic carbocycles. The van der Waals surface area contributed by atoms with Gasteiger partial charge in [-0.05, 0) is 34.2 Å². The van der Waals surface area contributed by atoms with Gasteiger partial charge in [-0.15, -0.1) is 0 Å². The first-order chi connectivity index (χ1) is 9.33. The van der Waals surface area contributed by atoms with Gasteiger partial charge in [-0.1, -0.05) is 0 Å². The highest BCUT2D eigenvalue weighted by molar-refractivity contribution is 5.68. The van der Waals surface area contributed by atoms with Crippen LogP contribution in [0.2, 0.25) is 0 Å². The number of amides is 1. The van der Waals surface area contributed by atoms with Gasteiger partial charge in [-0.2, -0.15) is 0 Å². The fourth-order valence-corrected chi connectivity index (χ4v) is 2.55. The maximum atomic E-state index is 12.0. The van der Waals surface area contributed by atoms with Crippen molar-refractivity contribution >= 4 is 6.09 Å². The third kappa shape index (κ3) is 4.61. The van der Waals surface area contributed by atoms with Crippen molar-refractivity contribution in [3.63, 3.8) is 0 Å². The highest BCUT2D eigenvalue weighted by atomic mass is 16.6. The van der Waals surface area contributed by atoms with Gasteiger partial charge in [0, 0.05) is 45.3 Å². The summed E-state index contributed by atoms with van der Waals surface area (Å²) in [6.07, 6.45) is 0.797. The summed E-state index contributed by atoms with van der Waals surface area (Å²) in [6.45, 7) is 11.5. The normalized spacial score (nSPS) is 26.0. The molecule has 2 aliphatic rings. The van der Waals surface area contributed by atoms with Crippen molar-refractivity contribution in [3.05, 3.63) is 0 Å². The van der Waals surface area contributed by atoms with Crippen molar-refractivity contribution in [3.8, 4) is 0 Å². The van der Waals surface area contributed by atoms with Crippen molar-refractivity contribution in [2.24, 2.45) is 0 Å². The summed E-state index contributed by atoms with van der Waals surface area (Å²) in [4.78, 5) is 16.1. The van der Waals surface area contributed by atoms with Crippen LogP contribution in [0.5, 0.6) is 0 Å². The minimum absolute atomic E-state index is 0.194. The molecule has 2 fully saturated rings. The van der Waals surface area contributed by atoms with E-state index in [2.05, 4.69) is 22.4 Å². The van der Waals surface area contributed by atoms with E-state index in [0.717, 1.165) is 45.7 Å². The molecule has 6 nitrogen and oxygen atoms in total. The molecule has 0 bridgehead atoms. The van der Waals surface area contributed by atoms with Crippen LogP contribution in [-0.2, 0) is 4.74 Å². The molecular weight excluding hydrogens is 256 g/mol. The molecule has 1 N–H and O–H groups in total. The molecule has 0 radical (unpaired) electrons. The predicted molar refractivity (Wildman–Crippen MR) is 78.4 cm³/mol. The van der Waals surface area contributed by atoms with E-state index in [4.69, 9.17) is 4.74 Å². The van der Waals surface area contributed by atoms with Gasteiger partial charge < -0.3 is 14.5 Å². The molecule has 0 aromatic heterocycles. The third-order valence-corrected chi connectivity index (χ3v) is 3.71. The highest BCUT2D eigenvalue weighted by Gasteiger charge is 2.30. The number of hydrazine groups is 1. The number of ether oxygens (including phenoxy) is 1. The minimum Gasteiger partial charge on any atom is -0.444 e. The zero-order chi connectivity index (χ0) is 14.8. The van der Waals surface area contributed by atoms with E-state index in [0.29, 0.717) is 6.04 Å². The number of nitrogens with one attached hydrogen (secondary N) is 1. The summed E-state index contributed by atoms with van der Waals surface area (Å²) in [5.74, 6) is 0. The van der Waals surface area contributed by atoms with Gasteiger partial charge >= 0.3 is 6.09 Å². The maximum absolute atomic E-state index is 12.0. The first-order valence-corrected chi connectivity index (χ1v) is 7.51. The Labute approximate surface area is 122 Å². The van der Waals surface area contributed by atoms with E-state index >= 15 is 0 Å². The van der Waals surface area contributed by atoms with E-state index < -0.39 is 5.60 Å². The number of likely N-dealkylation sites (N-methyl/N-ethyl adjacent to an activating group) is 1. The summed E-state index contributed by atoms with van der Waals surface area (Å²) in [7, 11) is 2.15. The number of hydrogen-bond acceptors (Lipinski definition) is 5. The van der Waals surface area contributed by atoms with E-state index in [1.165, 1.54) is 0 Å². The Morgan fingerprint density at radius 2 is 1.80 bits per heavy atom. The fraction of sp³-hybridized carbons (Fsp3) is 0.929. The quantitative estimate of drug-likeness (QED) is 0.811. The summed E-state index contributed by atoms with van der Waals surface area (Å²) in [5, 5.41) is 2.28. The van der Waals surface area contributed by atoms with Crippen LogP contribution in [0.1, 0.15) is 27.2 Å². The van der Waals surface area contributed by atoms with Gasteiger partial charge in [0.05, 0.1) is 0 Å². The lowest BCUT2D eigenvalue weighted by Gasteiger charge is -2.34. The van der Waals surface area contributed by atoms with Gasteiger partial charge in [-0.25, -0.2) is 9.80 Å². The third-order valence-electron chi connectivity index (χ3n) is 3.71. The van der Waals surface area contributed by atoms with Crippen LogP contribution in [0, 0.1) is 0 Å². The summed E-state index contributed by atoms with van der Waals surface area (Å²) >= 11 is 0. The lowest BCUT2D eigenvalue weighted by atomic mass is 10.2. The molecule has 0 aromatic rings. The standard InChI is InChI=1S/C14H28N4O2/c1-14(2,3)20-13(19)17-6-5-12(11-17)15-18-9-7-16(4)8-10-18/h12,15H,5-11H2,1-4H3. The molecule has 116 valence electrons. The highest BCUT2D eigenvalue weighted by Crippen LogP contribution is 2.15. The Kier molecular flexibility index (Phi) is 4.88. The number of carbonyl (C=O) groups excluding carboxylic acids is 1. The average Bonchev–Trinajstić information content (AvgIpc) is 2.79. The lowest BCUT2D eigenvalue weighted by molar-refractivity contribution is 0.0278. The van der Waals surface area contributed by atoms with Gasteiger partial charge in [-0.3, -0.25) is 5.43 Å². The molecule has 1 atom stereocenters. The van der Waals surface area contributed by atoms with Crippen LogP contribution in [0.15, 0.2) is 0 Å². The van der Waals surface area contributed by atoms with Gasteiger partial charge in [0.2, 0.25) is 0 Å². The molecule has 2 aliphatic heterocycles. The number of carbonyl (C=O) groups is 1. The van der Waals surface area contributed by atoms with E-state index in [9.17, 15) is 4.79 Å². The molecule has 6 heteroatoms. The molecule has 0 aliphatic carbocycles. The first kappa shape index (κ1) is 15.5. The van der Waals surface area contributed by atoms with Gasteiger partial charge in [0.15, 0.2) is 0 Å². The van der Waals surface area contributed by atoms with Crippen LogP contribution >= 0.6 is 0 Å². The molecule has 1 amide bonds. The Bertz CT molecular complexity index is 335. The fourth-order valence-electron chi connectivity index (χ4n) is 2.55. The zero-order valence-corrected chi connectivity index (χ0v) is 13.2. The largest absolute Gasteiger partial charge is 0.444 e. The number of rotatable bonds is 2. The summed E-state index contributed by atoms with van der Waals surface area (Å²) in [5.41, 5.74) is 3.13. The van der Waals surface area contributed by atoms with Gasteiger partial charge in [0.1, 0.15) is 5.60 Å². The van der Waals surface area contributed by atoms with Crippen LogP contribution in [-0.4, -0.2) is 78.9 Å². The van der Waals surface area contributed by atoms with Crippen molar-refractivity contribution in [1.29, 1.82) is 0 Å². The molecule has 2 saturated heterocycles. The topological polar surface area (TPSA) is 48.0 Å².